The molecule has 1 atom stereocenters. The first-order valence-corrected chi connectivity index (χ1v) is 6.61. The van der Waals surface area contributed by atoms with E-state index in [1.165, 1.54) is 5.56 Å². The van der Waals surface area contributed by atoms with Gasteiger partial charge in [0.15, 0.2) is 0 Å². The number of ether oxygens (including phenoxy) is 1. The van der Waals surface area contributed by atoms with Gasteiger partial charge in [0.25, 0.3) is 0 Å². The molecule has 0 saturated carbocycles. The first-order valence-electron chi connectivity index (χ1n) is 6.61. The summed E-state index contributed by atoms with van der Waals surface area (Å²) in [4.78, 5) is 3.27. The highest BCUT2D eigenvalue weighted by Crippen LogP contribution is 2.32. The van der Waals surface area contributed by atoms with Crippen molar-refractivity contribution in [3.63, 3.8) is 0 Å². The van der Waals surface area contributed by atoms with Crippen LogP contribution in [0, 0.1) is 20.8 Å². The number of rotatable bonds is 4. The first kappa shape index (κ1) is 13.7. The molecule has 0 aliphatic heterocycles. The maximum absolute atomic E-state index is 10.6. The van der Waals surface area contributed by atoms with Crippen LogP contribution in [-0.4, -0.2) is 16.7 Å². The number of benzene rings is 1. The molecular formula is C16H21NO2. The molecule has 0 fully saturated rings. The summed E-state index contributed by atoms with van der Waals surface area (Å²) >= 11 is 0. The lowest BCUT2D eigenvalue weighted by atomic mass is 10.0. The van der Waals surface area contributed by atoms with Gasteiger partial charge in [-0.15, -0.1) is 0 Å². The molecule has 102 valence electrons. The highest BCUT2D eigenvalue weighted by molar-refractivity contribution is 5.43. The van der Waals surface area contributed by atoms with Crippen LogP contribution in [-0.2, 0) is 0 Å². The number of aromatic nitrogens is 1. The molecule has 2 aromatic rings. The topological polar surface area (TPSA) is 45.2 Å². The van der Waals surface area contributed by atoms with E-state index in [0.29, 0.717) is 6.61 Å². The molecule has 0 amide bonds. The molecule has 0 spiro atoms. The van der Waals surface area contributed by atoms with Crippen LogP contribution in [0.15, 0.2) is 24.3 Å². The number of nitrogens with one attached hydrogen (secondary N) is 1. The molecule has 19 heavy (non-hydrogen) atoms. The lowest BCUT2D eigenvalue weighted by molar-refractivity contribution is 0.207. The lowest BCUT2D eigenvalue weighted by Crippen LogP contribution is -2.05. The second-order valence-electron chi connectivity index (χ2n) is 4.79. The number of hydrogen-bond donors (Lipinski definition) is 2. The summed E-state index contributed by atoms with van der Waals surface area (Å²) in [6.07, 6.45) is -0.685. The second kappa shape index (κ2) is 5.49. The largest absolute Gasteiger partial charge is 0.493 e. The summed E-state index contributed by atoms with van der Waals surface area (Å²) in [7, 11) is 0. The number of hydrogen-bond acceptors (Lipinski definition) is 2. The van der Waals surface area contributed by atoms with Crippen LogP contribution in [0.4, 0.5) is 0 Å². The van der Waals surface area contributed by atoms with Gasteiger partial charge in [0, 0.05) is 11.3 Å². The number of aliphatic hydroxyl groups excluding tert-OH is 1. The maximum atomic E-state index is 10.6. The number of aryl methyl sites for hydroxylation is 1. The van der Waals surface area contributed by atoms with E-state index in [0.717, 1.165) is 28.3 Å². The zero-order valence-electron chi connectivity index (χ0n) is 11.9. The fraction of sp³-hybridized carbons (Fsp3) is 0.375. The molecule has 0 saturated heterocycles. The smallest absolute Gasteiger partial charge is 0.125 e. The van der Waals surface area contributed by atoms with Crippen molar-refractivity contribution >= 4 is 0 Å². The molecule has 0 aliphatic carbocycles. The molecule has 2 rings (SSSR count). The summed E-state index contributed by atoms with van der Waals surface area (Å²) in [5, 5.41) is 10.6. The Labute approximate surface area is 114 Å². The average Bonchev–Trinajstić information content (AvgIpc) is 2.67. The number of H-pyrrole nitrogens is 1. The van der Waals surface area contributed by atoms with Crippen LogP contribution in [0.2, 0.25) is 0 Å². The van der Waals surface area contributed by atoms with Crippen molar-refractivity contribution in [3.05, 3.63) is 52.3 Å². The van der Waals surface area contributed by atoms with Crippen LogP contribution in [0.3, 0.4) is 0 Å². The minimum Gasteiger partial charge on any atom is -0.493 e. The Kier molecular flexibility index (Phi) is 3.96. The van der Waals surface area contributed by atoms with Gasteiger partial charge in [-0.3, -0.25) is 0 Å². The summed E-state index contributed by atoms with van der Waals surface area (Å²) in [6, 6.07) is 7.62. The molecule has 2 N–H and O–H groups in total. The Morgan fingerprint density at radius 1 is 1.16 bits per heavy atom. The van der Waals surface area contributed by atoms with Gasteiger partial charge in [0.1, 0.15) is 11.9 Å². The predicted octanol–water partition coefficient (Wildman–Crippen LogP) is 3.42. The third-order valence-corrected chi connectivity index (χ3v) is 3.64. The van der Waals surface area contributed by atoms with E-state index in [1.807, 2.05) is 45.0 Å². The average molecular weight is 259 g/mol. The molecule has 1 heterocycles. The van der Waals surface area contributed by atoms with Crippen LogP contribution in [0.5, 0.6) is 5.75 Å². The van der Waals surface area contributed by atoms with Gasteiger partial charge in [-0.2, -0.15) is 0 Å². The molecule has 3 nitrogen and oxygen atoms in total. The Hall–Kier alpha value is -1.74. The fourth-order valence-electron chi connectivity index (χ4n) is 2.30. The Bertz CT molecular complexity index is 572. The van der Waals surface area contributed by atoms with Gasteiger partial charge in [-0.1, -0.05) is 18.2 Å². The monoisotopic (exact) mass is 259 g/mol. The van der Waals surface area contributed by atoms with Crippen molar-refractivity contribution in [2.24, 2.45) is 0 Å². The van der Waals surface area contributed by atoms with Crippen molar-refractivity contribution in [2.75, 3.05) is 6.61 Å². The predicted molar refractivity (Wildman–Crippen MR) is 76.7 cm³/mol. The SMILES string of the molecule is CCOc1ccccc1C(O)c1[nH]c(C)c(C)c1C. The van der Waals surface area contributed by atoms with Gasteiger partial charge in [0.05, 0.1) is 12.3 Å². The fourth-order valence-corrected chi connectivity index (χ4v) is 2.30. The van der Waals surface area contributed by atoms with Crippen molar-refractivity contribution in [1.29, 1.82) is 0 Å². The van der Waals surface area contributed by atoms with E-state index in [1.54, 1.807) is 0 Å². The Morgan fingerprint density at radius 3 is 2.42 bits per heavy atom. The van der Waals surface area contributed by atoms with Crippen LogP contribution in [0.1, 0.15) is 41.1 Å². The maximum Gasteiger partial charge on any atom is 0.125 e. The van der Waals surface area contributed by atoms with E-state index in [-0.39, 0.29) is 0 Å². The standard InChI is InChI=1S/C16H21NO2/c1-5-19-14-9-7-6-8-13(14)16(18)15-11(3)10(2)12(4)17-15/h6-9,16-18H,5H2,1-4H3. The molecule has 0 radical (unpaired) electrons. The quantitative estimate of drug-likeness (QED) is 0.883. The van der Waals surface area contributed by atoms with Gasteiger partial charge >= 0.3 is 0 Å². The minimum atomic E-state index is -0.685. The Balaban J connectivity index is 2.43. The first-order chi connectivity index (χ1) is 9.06. The molecule has 0 bridgehead atoms. The van der Waals surface area contributed by atoms with Gasteiger partial charge in [-0.05, 0) is 44.9 Å². The van der Waals surface area contributed by atoms with E-state index in [9.17, 15) is 5.11 Å². The van der Waals surface area contributed by atoms with Crippen molar-refractivity contribution in [2.45, 2.75) is 33.8 Å². The third kappa shape index (κ3) is 2.51. The van der Waals surface area contributed by atoms with E-state index >= 15 is 0 Å². The third-order valence-electron chi connectivity index (χ3n) is 3.64. The van der Waals surface area contributed by atoms with E-state index in [2.05, 4.69) is 11.9 Å². The van der Waals surface area contributed by atoms with Crippen LogP contribution >= 0.6 is 0 Å². The molecule has 1 unspecified atom stereocenters. The summed E-state index contributed by atoms with van der Waals surface area (Å²) in [5.41, 5.74) is 5.05. The molecule has 0 aliphatic rings. The van der Waals surface area contributed by atoms with Crippen molar-refractivity contribution < 1.29 is 9.84 Å². The second-order valence-corrected chi connectivity index (χ2v) is 4.79. The van der Waals surface area contributed by atoms with Gasteiger partial charge in [0.2, 0.25) is 0 Å². The number of para-hydroxylation sites is 1. The van der Waals surface area contributed by atoms with E-state index in [4.69, 9.17) is 4.74 Å². The zero-order chi connectivity index (χ0) is 14.0. The highest BCUT2D eigenvalue weighted by atomic mass is 16.5. The molecule has 1 aromatic heterocycles. The van der Waals surface area contributed by atoms with Crippen LogP contribution in [0.25, 0.3) is 0 Å². The Morgan fingerprint density at radius 2 is 1.84 bits per heavy atom. The molecule has 1 aromatic carbocycles. The van der Waals surface area contributed by atoms with E-state index < -0.39 is 6.10 Å². The summed E-state index contributed by atoms with van der Waals surface area (Å²) in [6.45, 7) is 8.64. The number of aromatic amines is 1. The molecule has 3 heteroatoms. The minimum absolute atomic E-state index is 0.589. The lowest BCUT2D eigenvalue weighted by Gasteiger charge is -2.15. The highest BCUT2D eigenvalue weighted by Gasteiger charge is 2.20. The van der Waals surface area contributed by atoms with Crippen molar-refractivity contribution in [3.8, 4) is 5.75 Å². The summed E-state index contributed by atoms with van der Waals surface area (Å²) < 4.78 is 5.58. The molecular weight excluding hydrogens is 238 g/mol. The summed E-state index contributed by atoms with van der Waals surface area (Å²) in [5.74, 6) is 0.738. The van der Waals surface area contributed by atoms with Crippen molar-refractivity contribution in [1.82, 2.24) is 4.98 Å². The van der Waals surface area contributed by atoms with Gasteiger partial charge in [-0.25, -0.2) is 0 Å². The normalized spacial score (nSPS) is 12.5. The van der Waals surface area contributed by atoms with Crippen LogP contribution < -0.4 is 4.74 Å². The van der Waals surface area contributed by atoms with Gasteiger partial charge < -0.3 is 14.8 Å². The zero-order valence-corrected chi connectivity index (χ0v) is 11.9. The number of aliphatic hydroxyl groups is 1.